The molecule has 1 nitrogen and oxygen atoms in total. The molecule has 10 heavy (non-hydrogen) atoms. The van der Waals surface area contributed by atoms with Crippen LogP contribution in [-0.4, -0.2) is 6.29 Å². The highest BCUT2D eigenvalue weighted by atomic mass is 16.1. The van der Waals surface area contributed by atoms with E-state index in [4.69, 9.17) is 0 Å². The first-order chi connectivity index (χ1) is 4.93. The molecular formula is C9H12O. The molecule has 0 spiro atoms. The minimum atomic E-state index is 0.729. The highest BCUT2D eigenvalue weighted by molar-refractivity contribution is 5.74. The second-order valence-electron chi connectivity index (χ2n) is 1.53. The van der Waals surface area contributed by atoms with Gasteiger partial charge in [-0.25, -0.2) is 0 Å². The molecule has 1 heteroatoms. The molecular weight excluding hydrogens is 124 g/mol. The molecule has 0 atom stereocenters. The van der Waals surface area contributed by atoms with Crippen LogP contribution in [0.2, 0.25) is 0 Å². The number of aldehydes is 1. The Morgan fingerprint density at radius 2 is 1.60 bits per heavy atom. The van der Waals surface area contributed by atoms with Crippen molar-refractivity contribution in [1.82, 2.24) is 0 Å². The van der Waals surface area contributed by atoms with Gasteiger partial charge in [0.25, 0.3) is 0 Å². The van der Waals surface area contributed by atoms with Crippen molar-refractivity contribution in [2.75, 3.05) is 0 Å². The molecule has 0 aliphatic carbocycles. The van der Waals surface area contributed by atoms with Gasteiger partial charge in [-0.3, -0.25) is 4.79 Å². The molecule has 0 fully saturated rings. The summed E-state index contributed by atoms with van der Waals surface area (Å²) in [6.45, 7) is 4.00. The Bertz CT molecular complexity index is 167. The molecule has 0 aliphatic rings. The van der Waals surface area contributed by atoms with Crippen molar-refractivity contribution in [3.05, 3.63) is 35.9 Å². The van der Waals surface area contributed by atoms with Crippen LogP contribution in [0, 0.1) is 0 Å². The van der Waals surface area contributed by atoms with Gasteiger partial charge in [-0.2, -0.15) is 0 Å². The van der Waals surface area contributed by atoms with Crippen LogP contribution in [0.1, 0.15) is 24.2 Å². The molecule has 0 aromatic heterocycles. The summed E-state index contributed by atoms with van der Waals surface area (Å²) in [5.41, 5.74) is 0.729. The zero-order valence-corrected chi connectivity index (χ0v) is 6.37. The van der Waals surface area contributed by atoms with Crippen LogP contribution >= 0.6 is 0 Å². The summed E-state index contributed by atoms with van der Waals surface area (Å²) in [7, 11) is 0. The molecule has 1 aromatic carbocycles. The highest BCUT2D eigenvalue weighted by Gasteiger charge is 1.79. The molecule has 0 aliphatic heterocycles. The SMILES string of the molecule is CC.O=Cc1ccccc1. The van der Waals surface area contributed by atoms with Crippen LogP contribution in [0.3, 0.4) is 0 Å². The Morgan fingerprint density at radius 3 is 1.90 bits per heavy atom. The Hall–Kier alpha value is -1.11. The van der Waals surface area contributed by atoms with E-state index >= 15 is 0 Å². The van der Waals surface area contributed by atoms with E-state index in [1.54, 1.807) is 12.1 Å². The lowest BCUT2D eigenvalue weighted by Crippen LogP contribution is -1.73. The van der Waals surface area contributed by atoms with Gasteiger partial charge >= 0.3 is 0 Å². The first-order valence-electron chi connectivity index (χ1n) is 3.44. The number of carbonyl (C=O) groups excluding carboxylic acids is 1. The van der Waals surface area contributed by atoms with Crippen LogP contribution in [0.15, 0.2) is 30.3 Å². The average Bonchev–Trinajstić information content (AvgIpc) is 2.10. The molecule has 1 aromatic rings. The molecule has 0 saturated carbocycles. The zero-order valence-electron chi connectivity index (χ0n) is 6.37. The summed E-state index contributed by atoms with van der Waals surface area (Å²) < 4.78 is 0. The van der Waals surface area contributed by atoms with Crippen molar-refractivity contribution in [3.8, 4) is 0 Å². The van der Waals surface area contributed by atoms with Crippen LogP contribution in [0.5, 0.6) is 0 Å². The lowest BCUT2D eigenvalue weighted by molar-refractivity contribution is 0.112. The van der Waals surface area contributed by atoms with Crippen LogP contribution in [-0.2, 0) is 0 Å². The molecule has 0 unspecified atom stereocenters. The number of hydrogen-bond acceptors (Lipinski definition) is 1. The third kappa shape index (κ3) is 3.02. The van der Waals surface area contributed by atoms with Gasteiger partial charge in [0.2, 0.25) is 0 Å². The van der Waals surface area contributed by atoms with Crippen molar-refractivity contribution < 1.29 is 4.79 Å². The summed E-state index contributed by atoms with van der Waals surface area (Å²) in [5, 5.41) is 0. The molecule has 0 heterocycles. The molecule has 1 rings (SSSR count). The highest BCUT2D eigenvalue weighted by Crippen LogP contribution is 1.91. The Balaban J connectivity index is 0.000000371. The summed E-state index contributed by atoms with van der Waals surface area (Å²) in [6.07, 6.45) is 0.833. The van der Waals surface area contributed by atoms with Gasteiger partial charge in [-0.1, -0.05) is 44.2 Å². The number of carbonyl (C=O) groups is 1. The van der Waals surface area contributed by atoms with E-state index in [1.165, 1.54) is 0 Å². The van der Waals surface area contributed by atoms with Crippen molar-refractivity contribution in [2.45, 2.75) is 13.8 Å². The van der Waals surface area contributed by atoms with E-state index in [0.29, 0.717) is 0 Å². The maximum atomic E-state index is 10.0. The molecule has 0 N–H and O–H groups in total. The third-order valence-electron chi connectivity index (χ3n) is 0.936. The second kappa shape index (κ2) is 6.02. The fraction of sp³-hybridized carbons (Fsp3) is 0.222. The van der Waals surface area contributed by atoms with Gasteiger partial charge in [0, 0.05) is 5.56 Å². The van der Waals surface area contributed by atoms with Crippen LogP contribution in [0.25, 0.3) is 0 Å². The quantitative estimate of drug-likeness (QED) is 0.542. The van der Waals surface area contributed by atoms with Gasteiger partial charge in [0.15, 0.2) is 0 Å². The monoisotopic (exact) mass is 136 g/mol. The normalized spacial score (nSPS) is 7.40. The average molecular weight is 136 g/mol. The minimum Gasteiger partial charge on any atom is -0.298 e. The Kier molecular flexibility index (Phi) is 5.35. The minimum absolute atomic E-state index is 0.729. The third-order valence-corrected chi connectivity index (χ3v) is 0.936. The van der Waals surface area contributed by atoms with Gasteiger partial charge in [-0.15, -0.1) is 0 Å². The molecule has 0 saturated heterocycles. The Morgan fingerprint density at radius 1 is 1.10 bits per heavy atom. The summed E-state index contributed by atoms with van der Waals surface area (Å²) in [4.78, 5) is 10.0. The largest absolute Gasteiger partial charge is 0.298 e. The lowest BCUT2D eigenvalue weighted by atomic mass is 10.2. The fourth-order valence-electron chi connectivity index (χ4n) is 0.532. The van der Waals surface area contributed by atoms with E-state index in [1.807, 2.05) is 32.0 Å². The maximum absolute atomic E-state index is 10.0. The van der Waals surface area contributed by atoms with Crippen molar-refractivity contribution in [1.29, 1.82) is 0 Å². The number of hydrogen-bond donors (Lipinski definition) is 0. The Labute approximate surface area is 61.7 Å². The zero-order chi connectivity index (χ0) is 7.82. The molecule has 54 valence electrons. The predicted octanol–water partition coefficient (Wildman–Crippen LogP) is 2.53. The van der Waals surface area contributed by atoms with Crippen molar-refractivity contribution >= 4 is 6.29 Å². The van der Waals surface area contributed by atoms with E-state index in [0.717, 1.165) is 11.8 Å². The summed E-state index contributed by atoms with van der Waals surface area (Å²) in [5.74, 6) is 0. The fourth-order valence-corrected chi connectivity index (χ4v) is 0.532. The first kappa shape index (κ1) is 8.89. The maximum Gasteiger partial charge on any atom is 0.150 e. The number of rotatable bonds is 1. The van der Waals surface area contributed by atoms with Crippen LogP contribution in [0.4, 0.5) is 0 Å². The van der Waals surface area contributed by atoms with E-state index in [9.17, 15) is 4.79 Å². The van der Waals surface area contributed by atoms with E-state index in [2.05, 4.69) is 0 Å². The second-order valence-corrected chi connectivity index (χ2v) is 1.53. The van der Waals surface area contributed by atoms with Crippen molar-refractivity contribution in [2.24, 2.45) is 0 Å². The van der Waals surface area contributed by atoms with Crippen LogP contribution < -0.4 is 0 Å². The van der Waals surface area contributed by atoms with Crippen molar-refractivity contribution in [3.63, 3.8) is 0 Å². The van der Waals surface area contributed by atoms with Gasteiger partial charge < -0.3 is 0 Å². The molecule has 0 radical (unpaired) electrons. The lowest BCUT2D eigenvalue weighted by Gasteiger charge is -1.81. The summed E-state index contributed by atoms with van der Waals surface area (Å²) >= 11 is 0. The number of benzene rings is 1. The topological polar surface area (TPSA) is 17.1 Å². The van der Waals surface area contributed by atoms with Gasteiger partial charge in [-0.05, 0) is 0 Å². The molecule has 0 bridgehead atoms. The summed E-state index contributed by atoms with van der Waals surface area (Å²) in [6, 6.07) is 9.10. The smallest absolute Gasteiger partial charge is 0.150 e. The first-order valence-corrected chi connectivity index (χ1v) is 3.44. The van der Waals surface area contributed by atoms with Gasteiger partial charge in [0.05, 0.1) is 0 Å². The standard InChI is InChI=1S/C7H6O.C2H6/c8-6-7-4-2-1-3-5-7;1-2/h1-6H;1-2H3. The van der Waals surface area contributed by atoms with Gasteiger partial charge in [0.1, 0.15) is 6.29 Å². The molecule has 0 amide bonds. The predicted molar refractivity (Wildman–Crippen MR) is 43.2 cm³/mol. The van der Waals surface area contributed by atoms with E-state index < -0.39 is 0 Å². The van der Waals surface area contributed by atoms with E-state index in [-0.39, 0.29) is 0 Å².